The third-order valence-corrected chi connectivity index (χ3v) is 4.27. The fourth-order valence-corrected chi connectivity index (χ4v) is 2.99. The summed E-state index contributed by atoms with van der Waals surface area (Å²) in [7, 11) is 1.45. The minimum absolute atomic E-state index is 0.00168. The Bertz CT molecular complexity index is 690. The van der Waals surface area contributed by atoms with E-state index in [0.29, 0.717) is 24.5 Å². The van der Waals surface area contributed by atoms with Gasteiger partial charge in [-0.15, -0.1) is 0 Å². The number of anilines is 2. The number of rotatable bonds is 5. The van der Waals surface area contributed by atoms with E-state index in [2.05, 4.69) is 16.0 Å². The monoisotopic (exact) mass is 362 g/mol. The highest BCUT2D eigenvalue weighted by Gasteiger charge is 2.35. The topological polar surface area (TPSA) is 99.8 Å². The number of hydrogen-bond donors (Lipinski definition) is 3. The Morgan fingerprint density at radius 1 is 1.31 bits per heavy atom. The lowest BCUT2D eigenvalue weighted by Gasteiger charge is -2.37. The first-order valence-corrected chi connectivity index (χ1v) is 8.59. The molecule has 8 nitrogen and oxygen atoms in total. The van der Waals surface area contributed by atoms with E-state index in [4.69, 9.17) is 4.74 Å². The molecule has 0 radical (unpaired) electrons. The van der Waals surface area contributed by atoms with Crippen LogP contribution < -0.4 is 16.0 Å². The van der Waals surface area contributed by atoms with Crippen LogP contribution in [0.2, 0.25) is 0 Å². The van der Waals surface area contributed by atoms with Gasteiger partial charge in [0.15, 0.2) is 0 Å². The molecule has 1 saturated heterocycles. The molecule has 1 atom stereocenters. The van der Waals surface area contributed by atoms with E-state index in [-0.39, 0.29) is 30.4 Å². The maximum absolute atomic E-state index is 12.7. The highest BCUT2D eigenvalue weighted by Crippen LogP contribution is 2.24. The van der Waals surface area contributed by atoms with Crippen LogP contribution in [0.25, 0.3) is 0 Å². The van der Waals surface area contributed by atoms with Crippen LogP contribution in [0.15, 0.2) is 18.2 Å². The molecule has 0 aliphatic carbocycles. The van der Waals surface area contributed by atoms with Gasteiger partial charge in [0.25, 0.3) is 0 Å². The normalized spacial score (nSPS) is 17.0. The predicted molar refractivity (Wildman–Crippen MR) is 99.0 cm³/mol. The van der Waals surface area contributed by atoms with Crippen molar-refractivity contribution in [3.05, 3.63) is 23.8 Å². The molecule has 0 unspecified atom stereocenters. The van der Waals surface area contributed by atoms with Crippen LogP contribution in [0.3, 0.4) is 0 Å². The van der Waals surface area contributed by atoms with E-state index in [1.54, 1.807) is 30.0 Å². The van der Waals surface area contributed by atoms with Crippen molar-refractivity contribution in [1.29, 1.82) is 0 Å². The number of nitrogens with zero attached hydrogens (tertiary/aromatic N) is 1. The Morgan fingerprint density at radius 2 is 1.96 bits per heavy atom. The molecule has 0 saturated carbocycles. The van der Waals surface area contributed by atoms with Crippen LogP contribution in [0.1, 0.15) is 19.4 Å². The molecule has 4 amide bonds. The van der Waals surface area contributed by atoms with Crippen LogP contribution in [0.5, 0.6) is 0 Å². The number of benzene rings is 1. The first-order valence-electron chi connectivity index (χ1n) is 8.59. The summed E-state index contributed by atoms with van der Waals surface area (Å²) < 4.78 is 4.81. The van der Waals surface area contributed by atoms with E-state index in [1.165, 1.54) is 7.11 Å². The quantitative estimate of drug-likeness (QED) is 0.740. The van der Waals surface area contributed by atoms with Gasteiger partial charge >= 0.3 is 6.03 Å². The average molecular weight is 362 g/mol. The molecule has 1 aromatic carbocycles. The van der Waals surface area contributed by atoms with Gasteiger partial charge in [0.05, 0.1) is 0 Å². The zero-order chi connectivity index (χ0) is 19.3. The number of carbonyl (C=O) groups excluding carboxylic acids is 3. The van der Waals surface area contributed by atoms with Crippen LogP contribution in [0, 0.1) is 12.8 Å². The number of amides is 4. The number of carbonyl (C=O) groups is 3. The van der Waals surface area contributed by atoms with Crippen molar-refractivity contribution >= 4 is 29.2 Å². The smallest absolute Gasteiger partial charge is 0.322 e. The molecule has 1 aromatic rings. The van der Waals surface area contributed by atoms with Crippen molar-refractivity contribution in [2.75, 3.05) is 37.4 Å². The van der Waals surface area contributed by atoms with E-state index in [1.807, 2.05) is 13.8 Å². The summed E-state index contributed by atoms with van der Waals surface area (Å²) in [6.45, 7) is 6.46. The zero-order valence-corrected chi connectivity index (χ0v) is 15.6. The van der Waals surface area contributed by atoms with Crippen molar-refractivity contribution in [3.63, 3.8) is 0 Å². The molecular formula is C18H26N4O4. The average Bonchev–Trinajstić information content (AvgIpc) is 2.58. The molecule has 2 rings (SSSR count). The fraction of sp³-hybridized carbons (Fsp3) is 0.500. The third-order valence-electron chi connectivity index (χ3n) is 4.27. The highest BCUT2D eigenvalue weighted by atomic mass is 16.5. The summed E-state index contributed by atoms with van der Waals surface area (Å²) in [6.07, 6.45) is 0. The molecule has 3 N–H and O–H groups in total. The first-order chi connectivity index (χ1) is 12.3. The molecule has 8 heteroatoms. The number of piperazine rings is 1. The molecule has 1 fully saturated rings. The van der Waals surface area contributed by atoms with Crippen molar-refractivity contribution in [1.82, 2.24) is 10.2 Å². The summed E-state index contributed by atoms with van der Waals surface area (Å²) in [5.74, 6) is -0.410. The van der Waals surface area contributed by atoms with Crippen LogP contribution in [0.4, 0.5) is 16.2 Å². The molecule has 26 heavy (non-hydrogen) atoms. The van der Waals surface area contributed by atoms with Gasteiger partial charge in [0.1, 0.15) is 12.6 Å². The van der Waals surface area contributed by atoms with Crippen LogP contribution in [-0.4, -0.2) is 55.6 Å². The van der Waals surface area contributed by atoms with Crippen molar-refractivity contribution in [3.8, 4) is 0 Å². The molecule has 142 valence electrons. The molecule has 1 heterocycles. The minimum Gasteiger partial charge on any atom is -0.375 e. The van der Waals surface area contributed by atoms with Crippen molar-refractivity contribution in [2.24, 2.45) is 5.92 Å². The molecular weight excluding hydrogens is 336 g/mol. The van der Waals surface area contributed by atoms with E-state index >= 15 is 0 Å². The lowest BCUT2D eigenvalue weighted by Crippen LogP contribution is -2.60. The number of methoxy groups -OCH3 is 1. The Balaban J connectivity index is 2.15. The summed E-state index contributed by atoms with van der Waals surface area (Å²) in [4.78, 5) is 38.1. The number of hydrogen-bond acceptors (Lipinski definition) is 4. The first kappa shape index (κ1) is 19.7. The summed E-state index contributed by atoms with van der Waals surface area (Å²) in [6, 6.07) is 4.42. The predicted octanol–water partition coefficient (Wildman–Crippen LogP) is 1.57. The standard InChI is InChI=1S/C18H26N4O4/c1-11(2)16-17(24)19-8-9-22(16)18(25)21-14-7-5-6-13(12(14)3)20-15(23)10-26-4/h5-7,11,16H,8-10H2,1-4H3,(H,19,24)(H,20,23)(H,21,25)/t16-/m0/s1. The second-order valence-corrected chi connectivity index (χ2v) is 6.56. The zero-order valence-electron chi connectivity index (χ0n) is 15.6. The molecule has 0 spiro atoms. The van der Waals surface area contributed by atoms with Gasteiger partial charge in [-0.2, -0.15) is 0 Å². The van der Waals surface area contributed by atoms with Crippen LogP contribution >= 0.6 is 0 Å². The molecule has 0 bridgehead atoms. The Morgan fingerprint density at radius 3 is 2.58 bits per heavy atom. The maximum atomic E-state index is 12.7. The van der Waals surface area contributed by atoms with Gasteiger partial charge in [-0.25, -0.2) is 4.79 Å². The van der Waals surface area contributed by atoms with E-state index in [0.717, 1.165) is 5.56 Å². The maximum Gasteiger partial charge on any atom is 0.322 e. The van der Waals surface area contributed by atoms with E-state index < -0.39 is 6.04 Å². The lowest BCUT2D eigenvalue weighted by molar-refractivity contribution is -0.129. The SMILES string of the molecule is COCC(=O)Nc1cccc(NC(=O)N2CCNC(=O)[C@@H]2C(C)C)c1C. The number of nitrogens with one attached hydrogen (secondary N) is 3. The van der Waals surface area contributed by atoms with Crippen molar-refractivity contribution < 1.29 is 19.1 Å². The van der Waals surface area contributed by atoms with Gasteiger partial charge in [-0.05, 0) is 30.5 Å². The molecule has 1 aliphatic heterocycles. The Kier molecular flexibility index (Phi) is 6.57. The largest absolute Gasteiger partial charge is 0.375 e. The lowest BCUT2D eigenvalue weighted by atomic mass is 10.00. The highest BCUT2D eigenvalue weighted by molar-refractivity contribution is 5.97. The van der Waals surface area contributed by atoms with Gasteiger partial charge in [0.2, 0.25) is 11.8 Å². The van der Waals surface area contributed by atoms with Gasteiger partial charge in [-0.3, -0.25) is 9.59 Å². The summed E-state index contributed by atoms with van der Waals surface area (Å²) in [5.41, 5.74) is 1.91. The van der Waals surface area contributed by atoms with Gasteiger partial charge in [-0.1, -0.05) is 19.9 Å². The molecule has 0 aromatic heterocycles. The Hall–Kier alpha value is -2.61. The van der Waals surface area contributed by atoms with Gasteiger partial charge in [0, 0.05) is 31.6 Å². The minimum atomic E-state index is -0.506. The second kappa shape index (κ2) is 8.66. The Labute approximate surface area is 153 Å². The molecule has 1 aliphatic rings. The summed E-state index contributed by atoms with van der Waals surface area (Å²) in [5, 5.41) is 8.40. The van der Waals surface area contributed by atoms with E-state index in [9.17, 15) is 14.4 Å². The fourth-order valence-electron chi connectivity index (χ4n) is 2.99. The summed E-state index contributed by atoms with van der Waals surface area (Å²) >= 11 is 0. The second-order valence-electron chi connectivity index (χ2n) is 6.56. The number of ether oxygens (including phenoxy) is 1. The number of urea groups is 1. The van der Waals surface area contributed by atoms with Gasteiger partial charge < -0.3 is 25.6 Å². The third kappa shape index (κ3) is 4.51. The van der Waals surface area contributed by atoms with Crippen LogP contribution in [-0.2, 0) is 14.3 Å². The van der Waals surface area contributed by atoms with Crippen molar-refractivity contribution in [2.45, 2.75) is 26.8 Å².